The van der Waals surface area contributed by atoms with Gasteiger partial charge in [0.15, 0.2) is 5.82 Å². The van der Waals surface area contributed by atoms with E-state index in [1.165, 1.54) is 51.4 Å². The largest absolute Gasteiger partial charge is 0.476 e. The van der Waals surface area contributed by atoms with E-state index >= 15 is 0 Å². The Morgan fingerprint density at radius 3 is 2.83 bits per heavy atom. The molecule has 4 rings (SSSR count). The first-order valence-corrected chi connectivity index (χ1v) is 9.17. The van der Waals surface area contributed by atoms with Crippen LogP contribution >= 0.6 is 0 Å². The van der Waals surface area contributed by atoms with E-state index < -0.39 is 0 Å². The van der Waals surface area contributed by atoms with Gasteiger partial charge >= 0.3 is 0 Å². The zero-order valence-corrected chi connectivity index (χ0v) is 13.9. The van der Waals surface area contributed by atoms with Crippen LogP contribution in [0.15, 0.2) is 12.4 Å². The van der Waals surface area contributed by atoms with Gasteiger partial charge in [0.1, 0.15) is 0 Å². The van der Waals surface area contributed by atoms with Crippen LogP contribution in [0.2, 0.25) is 0 Å². The van der Waals surface area contributed by atoms with Crippen LogP contribution in [0.4, 0.5) is 5.82 Å². The Morgan fingerprint density at radius 2 is 2.00 bits per heavy atom. The van der Waals surface area contributed by atoms with Gasteiger partial charge in [-0.15, -0.1) is 0 Å². The molecule has 0 aromatic carbocycles. The monoisotopic (exact) mass is 317 g/mol. The van der Waals surface area contributed by atoms with Gasteiger partial charge in [0, 0.05) is 13.1 Å². The quantitative estimate of drug-likeness (QED) is 0.853. The minimum Gasteiger partial charge on any atom is -0.476 e. The lowest BCUT2D eigenvalue weighted by molar-refractivity contribution is -0.0503. The molecule has 1 aliphatic heterocycles. The molecule has 126 valence electrons. The molecule has 2 heterocycles. The number of ether oxygens (including phenoxy) is 2. The molecule has 3 fully saturated rings. The van der Waals surface area contributed by atoms with Crippen LogP contribution in [-0.4, -0.2) is 41.9 Å². The Hall–Kier alpha value is -1.36. The molecular formula is C18H27N3O2. The molecule has 0 unspecified atom stereocenters. The van der Waals surface area contributed by atoms with E-state index in [2.05, 4.69) is 9.88 Å². The van der Waals surface area contributed by atoms with E-state index in [1.54, 1.807) is 6.20 Å². The van der Waals surface area contributed by atoms with Gasteiger partial charge in [0.2, 0.25) is 5.88 Å². The molecule has 2 aliphatic carbocycles. The molecule has 0 amide bonds. The average Bonchev–Trinajstić information content (AvgIpc) is 3.26. The molecule has 0 radical (unpaired) electrons. The van der Waals surface area contributed by atoms with Crippen molar-refractivity contribution in [2.24, 2.45) is 5.92 Å². The summed E-state index contributed by atoms with van der Waals surface area (Å²) in [6.45, 7) is 3.40. The Morgan fingerprint density at radius 1 is 1.17 bits per heavy atom. The van der Waals surface area contributed by atoms with Gasteiger partial charge < -0.3 is 14.4 Å². The lowest BCUT2D eigenvalue weighted by Gasteiger charge is -2.41. The second-order valence-electron chi connectivity index (χ2n) is 7.34. The smallest absolute Gasteiger partial charge is 0.234 e. The predicted octanol–water partition coefficient (Wildman–Crippen LogP) is 3.20. The van der Waals surface area contributed by atoms with Crippen molar-refractivity contribution in [1.82, 2.24) is 9.97 Å². The third-order valence-corrected chi connectivity index (χ3v) is 5.63. The highest BCUT2D eigenvalue weighted by Crippen LogP contribution is 2.37. The molecule has 23 heavy (non-hydrogen) atoms. The van der Waals surface area contributed by atoms with Gasteiger partial charge in [-0.1, -0.05) is 25.7 Å². The maximum Gasteiger partial charge on any atom is 0.234 e. The summed E-state index contributed by atoms with van der Waals surface area (Å²) in [4.78, 5) is 11.4. The number of rotatable bonds is 4. The van der Waals surface area contributed by atoms with Gasteiger partial charge in [0.05, 0.1) is 31.2 Å². The molecule has 1 aromatic heterocycles. The first-order valence-electron chi connectivity index (χ1n) is 9.17. The third kappa shape index (κ3) is 3.44. The van der Waals surface area contributed by atoms with Crippen molar-refractivity contribution in [2.75, 3.05) is 31.2 Å². The summed E-state index contributed by atoms with van der Waals surface area (Å²) < 4.78 is 12.0. The molecule has 2 saturated carbocycles. The summed E-state index contributed by atoms with van der Waals surface area (Å²) in [6.07, 6.45) is 13.8. The Kier molecular flexibility index (Phi) is 4.38. The Labute approximate surface area is 138 Å². The molecule has 5 heteroatoms. The second kappa shape index (κ2) is 6.63. The molecule has 1 saturated heterocycles. The van der Waals surface area contributed by atoms with Crippen LogP contribution in [0.25, 0.3) is 0 Å². The molecule has 0 atom stereocenters. The minimum absolute atomic E-state index is 0.0562. The van der Waals surface area contributed by atoms with Gasteiger partial charge in [0.25, 0.3) is 0 Å². The third-order valence-electron chi connectivity index (χ3n) is 5.63. The summed E-state index contributed by atoms with van der Waals surface area (Å²) in [5, 5.41) is 0. The fraction of sp³-hybridized carbons (Fsp3) is 0.778. The fourth-order valence-electron chi connectivity index (χ4n) is 4.30. The number of hydrogen-bond acceptors (Lipinski definition) is 5. The lowest BCUT2D eigenvalue weighted by atomic mass is 10.00. The van der Waals surface area contributed by atoms with Crippen molar-refractivity contribution in [1.29, 1.82) is 0 Å². The van der Waals surface area contributed by atoms with E-state index in [9.17, 15) is 0 Å². The first-order chi connectivity index (χ1) is 11.3. The van der Waals surface area contributed by atoms with Crippen molar-refractivity contribution in [3.05, 3.63) is 12.4 Å². The number of aromatic nitrogens is 2. The van der Waals surface area contributed by atoms with E-state index in [1.807, 2.05) is 6.20 Å². The van der Waals surface area contributed by atoms with E-state index in [0.29, 0.717) is 11.8 Å². The summed E-state index contributed by atoms with van der Waals surface area (Å²) >= 11 is 0. The molecule has 0 N–H and O–H groups in total. The fourth-order valence-corrected chi connectivity index (χ4v) is 4.30. The predicted molar refractivity (Wildman–Crippen MR) is 88.8 cm³/mol. The normalized spacial score (nSPS) is 24.4. The van der Waals surface area contributed by atoms with Crippen LogP contribution in [0, 0.1) is 5.92 Å². The number of anilines is 1. The number of nitrogens with zero attached hydrogens (tertiary/aromatic N) is 3. The van der Waals surface area contributed by atoms with E-state index in [4.69, 9.17) is 14.5 Å². The highest BCUT2D eigenvalue weighted by Gasteiger charge is 2.39. The molecule has 1 aromatic rings. The van der Waals surface area contributed by atoms with Gasteiger partial charge in [-0.25, -0.2) is 0 Å². The first kappa shape index (κ1) is 15.2. The van der Waals surface area contributed by atoms with Crippen LogP contribution in [0.3, 0.4) is 0 Å². The van der Waals surface area contributed by atoms with Crippen LogP contribution in [0.5, 0.6) is 5.88 Å². The molecule has 3 aliphatic rings. The summed E-state index contributed by atoms with van der Waals surface area (Å²) in [6, 6.07) is 0. The topological polar surface area (TPSA) is 47.5 Å². The molecule has 0 bridgehead atoms. The number of morpholine rings is 1. The standard InChI is InChI=1S/C18H27N3O2/c1-2-6-15(5-1)13-22-17-12-19-11-16(20-17)21-9-10-23-18(14-21)7-3-4-8-18/h11-12,15H,1-10,13-14H2. The highest BCUT2D eigenvalue weighted by molar-refractivity contribution is 5.39. The zero-order chi connectivity index (χ0) is 15.5. The highest BCUT2D eigenvalue weighted by atomic mass is 16.5. The van der Waals surface area contributed by atoms with Gasteiger partial charge in [-0.2, -0.15) is 4.98 Å². The molecular weight excluding hydrogens is 290 g/mol. The lowest BCUT2D eigenvalue weighted by Crippen LogP contribution is -2.50. The minimum atomic E-state index is 0.0562. The average molecular weight is 317 g/mol. The molecule has 1 spiro atoms. The van der Waals surface area contributed by atoms with Crippen LogP contribution in [-0.2, 0) is 4.74 Å². The summed E-state index contributed by atoms with van der Waals surface area (Å²) in [5.41, 5.74) is 0.0562. The van der Waals surface area contributed by atoms with Crippen molar-refractivity contribution in [3.8, 4) is 5.88 Å². The SMILES string of the molecule is c1ncc(N2CCOC3(CCCC3)C2)nc1OCC1CCCC1. The number of hydrogen-bond donors (Lipinski definition) is 0. The second-order valence-corrected chi connectivity index (χ2v) is 7.34. The Bertz CT molecular complexity index is 525. The van der Waals surface area contributed by atoms with Crippen LogP contribution < -0.4 is 9.64 Å². The maximum absolute atomic E-state index is 6.10. The maximum atomic E-state index is 6.10. The van der Waals surface area contributed by atoms with E-state index in [0.717, 1.165) is 32.1 Å². The van der Waals surface area contributed by atoms with Crippen molar-refractivity contribution in [2.45, 2.75) is 57.0 Å². The van der Waals surface area contributed by atoms with Gasteiger partial charge in [-0.05, 0) is 31.6 Å². The van der Waals surface area contributed by atoms with E-state index in [-0.39, 0.29) is 5.60 Å². The summed E-state index contributed by atoms with van der Waals surface area (Å²) in [5.74, 6) is 2.30. The van der Waals surface area contributed by atoms with Gasteiger partial charge in [-0.3, -0.25) is 4.98 Å². The van der Waals surface area contributed by atoms with Crippen molar-refractivity contribution < 1.29 is 9.47 Å². The van der Waals surface area contributed by atoms with Crippen molar-refractivity contribution in [3.63, 3.8) is 0 Å². The summed E-state index contributed by atoms with van der Waals surface area (Å²) in [7, 11) is 0. The Balaban J connectivity index is 1.40. The van der Waals surface area contributed by atoms with Crippen molar-refractivity contribution >= 4 is 5.82 Å². The zero-order valence-electron chi connectivity index (χ0n) is 13.9. The van der Waals surface area contributed by atoms with Crippen LogP contribution in [0.1, 0.15) is 51.4 Å². The molecule has 5 nitrogen and oxygen atoms in total.